The Morgan fingerprint density at radius 3 is 2.66 bits per heavy atom. The Labute approximate surface area is 180 Å². The van der Waals surface area contributed by atoms with Gasteiger partial charge in [-0.3, -0.25) is 9.69 Å². The SMILES string of the molecule is Cc1nn(Cc2ccccc2)c(Cl)c1C(=O)NCC(c1cccs1)N1CCCC1. The molecule has 0 saturated carbocycles. The van der Waals surface area contributed by atoms with Crippen molar-refractivity contribution in [2.45, 2.75) is 32.4 Å². The number of halogens is 1. The number of hydrogen-bond donors (Lipinski definition) is 1. The lowest BCUT2D eigenvalue weighted by Gasteiger charge is -2.26. The summed E-state index contributed by atoms with van der Waals surface area (Å²) in [5, 5.41) is 10.1. The van der Waals surface area contributed by atoms with Crippen LogP contribution in [-0.4, -0.2) is 40.2 Å². The summed E-state index contributed by atoms with van der Waals surface area (Å²) in [6, 6.07) is 14.4. The summed E-state index contributed by atoms with van der Waals surface area (Å²) in [7, 11) is 0. The number of carbonyl (C=O) groups excluding carboxylic acids is 1. The van der Waals surface area contributed by atoms with E-state index in [-0.39, 0.29) is 11.9 Å². The molecule has 1 saturated heterocycles. The highest BCUT2D eigenvalue weighted by Crippen LogP contribution is 2.28. The predicted octanol–water partition coefficient (Wildman–Crippen LogP) is 4.52. The summed E-state index contributed by atoms with van der Waals surface area (Å²) in [6.07, 6.45) is 2.43. The topological polar surface area (TPSA) is 50.2 Å². The van der Waals surface area contributed by atoms with Gasteiger partial charge in [-0.1, -0.05) is 48.0 Å². The Balaban J connectivity index is 1.48. The van der Waals surface area contributed by atoms with Crippen LogP contribution in [0.3, 0.4) is 0 Å². The number of nitrogens with zero attached hydrogens (tertiary/aromatic N) is 3. The van der Waals surface area contributed by atoms with E-state index >= 15 is 0 Å². The molecule has 1 aliphatic heterocycles. The zero-order valence-corrected chi connectivity index (χ0v) is 18.0. The van der Waals surface area contributed by atoms with E-state index in [0.717, 1.165) is 18.7 Å². The number of amides is 1. The van der Waals surface area contributed by atoms with Crippen molar-refractivity contribution < 1.29 is 4.79 Å². The van der Waals surface area contributed by atoms with Crippen LogP contribution in [0, 0.1) is 6.92 Å². The fourth-order valence-electron chi connectivity index (χ4n) is 3.89. The lowest BCUT2D eigenvalue weighted by molar-refractivity contribution is 0.0938. The van der Waals surface area contributed by atoms with E-state index in [9.17, 15) is 4.79 Å². The predicted molar refractivity (Wildman–Crippen MR) is 118 cm³/mol. The second-order valence-electron chi connectivity index (χ2n) is 7.38. The minimum Gasteiger partial charge on any atom is -0.350 e. The molecule has 2 aromatic heterocycles. The van der Waals surface area contributed by atoms with Crippen LogP contribution in [0.4, 0.5) is 0 Å². The van der Waals surface area contributed by atoms with Crippen LogP contribution in [0.2, 0.25) is 5.15 Å². The minimum absolute atomic E-state index is 0.160. The highest BCUT2D eigenvalue weighted by atomic mass is 35.5. The standard InChI is InChI=1S/C22H25ClN4OS/c1-16-20(21(23)27(25-16)15-17-8-3-2-4-9-17)22(28)24-14-18(19-10-7-13-29-19)26-11-5-6-12-26/h2-4,7-10,13,18H,5-6,11-12,14-15H2,1H3,(H,24,28). The van der Waals surface area contributed by atoms with Crippen molar-refractivity contribution in [3.05, 3.63) is 74.7 Å². The quantitative estimate of drug-likeness (QED) is 0.601. The minimum atomic E-state index is -0.160. The molecule has 5 nitrogen and oxygen atoms in total. The number of hydrogen-bond acceptors (Lipinski definition) is 4. The third-order valence-electron chi connectivity index (χ3n) is 5.38. The molecule has 1 fully saturated rings. The Bertz CT molecular complexity index is 949. The Morgan fingerprint density at radius 2 is 1.97 bits per heavy atom. The maximum atomic E-state index is 13.0. The van der Waals surface area contributed by atoms with Crippen molar-refractivity contribution in [2.75, 3.05) is 19.6 Å². The molecule has 3 heterocycles. The van der Waals surface area contributed by atoms with Crippen LogP contribution in [0.1, 0.15) is 45.4 Å². The van der Waals surface area contributed by atoms with Crippen molar-refractivity contribution in [1.29, 1.82) is 0 Å². The van der Waals surface area contributed by atoms with Crippen LogP contribution >= 0.6 is 22.9 Å². The van der Waals surface area contributed by atoms with Gasteiger partial charge < -0.3 is 5.32 Å². The number of nitrogens with one attached hydrogen (secondary N) is 1. The van der Waals surface area contributed by atoms with Gasteiger partial charge in [-0.25, -0.2) is 4.68 Å². The molecular formula is C22H25ClN4OS. The summed E-state index contributed by atoms with van der Waals surface area (Å²) in [5.41, 5.74) is 2.21. The molecule has 4 rings (SSSR count). The number of aryl methyl sites for hydroxylation is 1. The van der Waals surface area contributed by atoms with Crippen LogP contribution in [-0.2, 0) is 6.54 Å². The number of thiophene rings is 1. The maximum Gasteiger partial charge on any atom is 0.256 e. The molecule has 0 radical (unpaired) electrons. The van der Waals surface area contributed by atoms with E-state index in [2.05, 4.69) is 32.8 Å². The van der Waals surface area contributed by atoms with Crippen molar-refractivity contribution in [1.82, 2.24) is 20.0 Å². The molecular weight excluding hydrogens is 404 g/mol. The maximum absolute atomic E-state index is 13.0. The molecule has 7 heteroatoms. The summed E-state index contributed by atoms with van der Waals surface area (Å²) in [5.74, 6) is -0.160. The average Bonchev–Trinajstić information content (AvgIpc) is 3.47. The fourth-order valence-corrected chi connectivity index (χ4v) is 5.07. The largest absolute Gasteiger partial charge is 0.350 e. The molecule has 0 bridgehead atoms. The van der Waals surface area contributed by atoms with Gasteiger partial charge in [0.2, 0.25) is 0 Å². The van der Waals surface area contributed by atoms with Crippen LogP contribution in [0.25, 0.3) is 0 Å². The average molecular weight is 429 g/mol. The van der Waals surface area contributed by atoms with Gasteiger partial charge in [-0.15, -0.1) is 11.3 Å². The first kappa shape index (κ1) is 20.1. The van der Waals surface area contributed by atoms with Crippen molar-refractivity contribution in [3.8, 4) is 0 Å². The first-order valence-electron chi connectivity index (χ1n) is 9.96. The summed E-state index contributed by atoms with van der Waals surface area (Å²) >= 11 is 8.29. The highest BCUT2D eigenvalue weighted by Gasteiger charge is 2.26. The summed E-state index contributed by atoms with van der Waals surface area (Å²) in [6.45, 7) is 5.10. The van der Waals surface area contributed by atoms with E-state index in [4.69, 9.17) is 11.6 Å². The molecule has 1 N–H and O–H groups in total. The monoisotopic (exact) mass is 428 g/mol. The summed E-state index contributed by atoms with van der Waals surface area (Å²) < 4.78 is 1.69. The van der Waals surface area contributed by atoms with Gasteiger partial charge in [0.1, 0.15) is 5.15 Å². The molecule has 1 unspecified atom stereocenters. The van der Waals surface area contributed by atoms with E-state index < -0.39 is 0 Å². The number of likely N-dealkylation sites (tertiary alicyclic amines) is 1. The smallest absolute Gasteiger partial charge is 0.256 e. The molecule has 1 aliphatic rings. The number of rotatable bonds is 7. The van der Waals surface area contributed by atoms with Crippen LogP contribution in [0.15, 0.2) is 47.8 Å². The van der Waals surface area contributed by atoms with Gasteiger partial charge in [-0.2, -0.15) is 5.10 Å². The van der Waals surface area contributed by atoms with E-state index in [1.165, 1.54) is 17.7 Å². The Kier molecular flexibility index (Phi) is 6.33. The molecule has 152 valence electrons. The fraction of sp³-hybridized carbons (Fsp3) is 0.364. The van der Waals surface area contributed by atoms with Gasteiger partial charge in [0.15, 0.2) is 0 Å². The zero-order chi connectivity index (χ0) is 20.2. The van der Waals surface area contributed by atoms with Gasteiger partial charge >= 0.3 is 0 Å². The number of aromatic nitrogens is 2. The zero-order valence-electron chi connectivity index (χ0n) is 16.5. The summed E-state index contributed by atoms with van der Waals surface area (Å²) in [4.78, 5) is 16.7. The van der Waals surface area contributed by atoms with E-state index in [1.54, 1.807) is 16.0 Å². The third kappa shape index (κ3) is 4.55. The van der Waals surface area contributed by atoms with E-state index in [1.807, 2.05) is 37.3 Å². The number of benzene rings is 1. The van der Waals surface area contributed by atoms with Gasteiger partial charge in [0, 0.05) is 11.4 Å². The molecule has 3 aromatic rings. The van der Waals surface area contributed by atoms with Crippen LogP contribution < -0.4 is 5.32 Å². The molecule has 1 atom stereocenters. The molecule has 1 aromatic carbocycles. The normalized spacial score (nSPS) is 15.5. The number of carbonyl (C=O) groups is 1. The third-order valence-corrected chi connectivity index (χ3v) is 6.73. The van der Waals surface area contributed by atoms with Gasteiger partial charge in [0.25, 0.3) is 5.91 Å². The lowest BCUT2D eigenvalue weighted by atomic mass is 10.2. The first-order valence-corrected chi connectivity index (χ1v) is 11.2. The lowest BCUT2D eigenvalue weighted by Crippen LogP contribution is -2.36. The van der Waals surface area contributed by atoms with Gasteiger partial charge in [-0.05, 0) is 49.9 Å². The van der Waals surface area contributed by atoms with Crippen molar-refractivity contribution in [3.63, 3.8) is 0 Å². The van der Waals surface area contributed by atoms with Crippen molar-refractivity contribution in [2.24, 2.45) is 0 Å². The van der Waals surface area contributed by atoms with Crippen LogP contribution in [0.5, 0.6) is 0 Å². The van der Waals surface area contributed by atoms with E-state index in [0.29, 0.717) is 29.5 Å². The Morgan fingerprint density at radius 1 is 1.21 bits per heavy atom. The molecule has 0 spiro atoms. The molecule has 1 amide bonds. The second-order valence-corrected chi connectivity index (χ2v) is 8.72. The Hall–Kier alpha value is -2.15. The second kappa shape index (κ2) is 9.11. The van der Waals surface area contributed by atoms with Gasteiger partial charge in [0.05, 0.1) is 23.8 Å². The van der Waals surface area contributed by atoms with Crippen molar-refractivity contribution >= 4 is 28.8 Å². The molecule has 0 aliphatic carbocycles. The molecule has 29 heavy (non-hydrogen) atoms. The highest BCUT2D eigenvalue weighted by molar-refractivity contribution is 7.10. The first-order chi connectivity index (χ1) is 14.1.